The number of carbonyl (C=O) groups excluding carboxylic acids is 2. The van der Waals surface area contributed by atoms with E-state index in [1.54, 1.807) is 4.90 Å². The Morgan fingerprint density at radius 2 is 2.04 bits per heavy atom. The van der Waals surface area contributed by atoms with E-state index in [2.05, 4.69) is 11.9 Å². The molecule has 1 aromatic heterocycles. The molecule has 2 heterocycles. The van der Waals surface area contributed by atoms with Gasteiger partial charge in [0, 0.05) is 32.0 Å². The van der Waals surface area contributed by atoms with Gasteiger partial charge in [0.15, 0.2) is 0 Å². The summed E-state index contributed by atoms with van der Waals surface area (Å²) in [5.41, 5.74) is 4.51. The summed E-state index contributed by atoms with van der Waals surface area (Å²) in [6, 6.07) is 7.53. The van der Waals surface area contributed by atoms with Crippen molar-refractivity contribution in [3.05, 3.63) is 65.5 Å². The predicted octanol–water partition coefficient (Wildman–Crippen LogP) is 3.22. The Morgan fingerprint density at radius 3 is 2.72 bits per heavy atom. The van der Waals surface area contributed by atoms with Crippen molar-refractivity contribution in [1.29, 1.82) is 0 Å². The first-order valence-corrected chi connectivity index (χ1v) is 8.06. The molecule has 2 aromatic rings. The van der Waals surface area contributed by atoms with Crippen LogP contribution >= 0.6 is 0 Å². The number of amides is 2. The molecule has 6 heteroatoms. The summed E-state index contributed by atoms with van der Waals surface area (Å²) in [6.07, 6.45) is 2.93. The molecule has 0 saturated heterocycles. The molecule has 0 radical (unpaired) electrons. The zero-order valence-electron chi connectivity index (χ0n) is 14.4. The van der Waals surface area contributed by atoms with Gasteiger partial charge in [-0.1, -0.05) is 18.7 Å². The van der Waals surface area contributed by atoms with E-state index < -0.39 is 6.09 Å². The maximum atomic E-state index is 12.7. The highest BCUT2D eigenvalue weighted by Crippen LogP contribution is 2.27. The summed E-state index contributed by atoms with van der Waals surface area (Å²) in [4.78, 5) is 26.2. The maximum Gasteiger partial charge on any atom is 0.411 e. The third-order valence-corrected chi connectivity index (χ3v) is 4.16. The molecule has 3 rings (SSSR count). The van der Waals surface area contributed by atoms with Gasteiger partial charge in [0.25, 0.3) is 5.91 Å². The lowest BCUT2D eigenvalue weighted by Gasteiger charge is -2.15. The van der Waals surface area contributed by atoms with Crippen LogP contribution in [0, 0.1) is 6.92 Å². The van der Waals surface area contributed by atoms with Gasteiger partial charge in [-0.25, -0.2) is 4.79 Å². The monoisotopic (exact) mass is 339 g/mol. The highest BCUT2D eigenvalue weighted by molar-refractivity contribution is 5.93. The minimum absolute atomic E-state index is 0.00621. The summed E-state index contributed by atoms with van der Waals surface area (Å²) in [5.74, 6) is 0.00621. The third kappa shape index (κ3) is 3.57. The van der Waals surface area contributed by atoms with Crippen molar-refractivity contribution in [3.8, 4) is 0 Å². The van der Waals surface area contributed by atoms with Crippen LogP contribution < -0.4 is 5.32 Å². The van der Waals surface area contributed by atoms with Crippen molar-refractivity contribution in [2.24, 2.45) is 7.05 Å². The second kappa shape index (κ2) is 6.84. The number of fused-ring (bicyclic) bond motifs is 1. The second-order valence-corrected chi connectivity index (χ2v) is 6.17. The Balaban J connectivity index is 1.70. The lowest BCUT2D eigenvalue weighted by Crippen LogP contribution is -2.26. The van der Waals surface area contributed by atoms with E-state index in [4.69, 9.17) is 4.74 Å². The average molecular weight is 339 g/mol. The van der Waals surface area contributed by atoms with Crippen molar-refractivity contribution in [2.75, 3.05) is 11.9 Å². The predicted molar refractivity (Wildman–Crippen MR) is 95.3 cm³/mol. The highest BCUT2D eigenvalue weighted by atomic mass is 16.5. The number of carbonyl (C=O) groups is 2. The van der Waals surface area contributed by atoms with Crippen LogP contribution in [0.25, 0.3) is 0 Å². The molecule has 25 heavy (non-hydrogen) atoms. The highest BCUT2D eigenvalue weighted by Gasteiger charge is 2.26. The van der Waals surface area contributed by atoms with Gasteiger partial charge in [0.05, 0.1) is 0 Å². The van der Waals surface area contributed by atoms with Crippen LogP contribution in [-0.2, 0) is 24.9 Å². The number of nitrogens with zero attached hydrogens (tertiary/aromatic N) is 2. The van der Waals surface area contributed by atoms with Crippen LogP contribution in [0.2, 0.25) is 0 Å². The first-order valence-electron chi connectivity index (χ1n) is 8.06. The van der Waals surface area contributed by atoms with Crippen molar-refractivity contribution in [1.82, 2.24) is 9.47 Å². The summed E-state index contributed by atoms with van der Waals surface area (Å²) < 4.78 is 6.76. The van der Waals surface area contributed by atoms with Gasteiger partial charge in [0.1, 0.15) is 12.3 Å². The number of nitrogens with one attached hydrogen (secondary N) is 1. The molecule has 130 valence electrons. The van der Waals surface area contributed by atoms with Gasteiger partial charge < -0.3 is 14.2 Å². The van der Waals surface area contributed by atoms with E-state index in [1.807, 2.05) is 49.0 Å². The molecule has 0 atom stereocenters. The number of aryl methyl sites for hydroxylation is 2. The average Bonchev–Trinajstić information content (AvgIpc) is 3.14. The summed E-state index contributed by atoms with van der Waals surface area (Å²) in [6.45, 7) is 6.73. The van der Waals surface area contributed by atoms with Gasteiger partial charge in [-0.05, 0) is 41.8 Å². The second-order valence-electron chi connectivity index (χ2n) is 6.17. The minimum atomic E-state index is -0.523. The summed E-state index contributed by atoms with van der Waals surface area (Å²) in [7, 11) is 1.88. The minimum Gasteiger partial charge on any atom is -0.445 e. The van der Waals surface area contributed by atoms with Crippen LogP contribution in [-0.4, -0.2) is 28.1 Å². The molecule has 0 unspecified atom stereocenters. The molecule has 0 fully saturated rings. The van der Waals surface area contributed by atoms with E-state index in [-0.39, 0.29) is 12.5 Å². The smallest absolute Gasteiger partial charge is 0.411 e. The molecule has 1 aliphatic heterocycles. The largest absolute Gasteiger partial charge is 0.445 e. The topological polar surface area (TPSA) is 63.6 Å². The standard InChI is InChI=1S/C19H21N3O3/c1-4-7-25-19(24)20-16-6-5-14-11-22(12-15(14)9-16)18(23)17-8-13(2)10-21(17)3/h4-6,8-10H,1,7,11-12H2,2-3H3,(H,20,24). The van der Waals surface area contributed by atoms with E-state index in [1.165, 1.54) is 6.08 Å². The van der Waals surface area contributed by atoms with E-state index in [0.29, 0.717) is 24.5 Å². The van der Waals surface area contributed by atoms with Crippen molar-refractivity contribution < 1.29 is 14.3 Å². The van der Waals surface area contributed by atoms with Crippen LogP contribution in [0.5, 0.6) is 0 Å². The Morgan fingerprint density at radius 1 is 1.28 bits per heavy atom. The van der Waals surface area contributed by atoms with Crippen LogP contribution in [0.4, 0.5) is 10.5 Å². The van der Waals surface area contributed by atoms with Gasteiger partial charge in [-0.2, -0.15) is 0 Å². The first-order chi connectivity index (χ1) is 12.0. The van der Waals surface area contributed by atoms with Gasteiger partial charge in [-0.15, -0.1) is 0 Å². The van der Waals surface area contributed by atoms with E-state index in [9.17, 15) is 9.59 Å². The summed E-state index contributed by atoms with van der Waals surface area (Å²) >= 11 is 0. The fourth-order valence-corrected chi connectivity index (χ4v) is 3.01. The van der Waals surface area contributed by atoms with Crippen molar-refractivity contribution in [3.63, 3.8) is 0 Å². The van der Waals surface area contributed by atoms with E-state index >= 15 is 0 Å². The van der Waals surface area contributed by atoms with Crippen LogP contribution in [0.1, 0.15) is 27.2 Å². The molecule has 1 aliphatic rings. The zero-order valence-corrected chi connectivity index (χ0v) is 14.4. The van der Waals surface area contributed by atoms with Gasteiger partial charge in [0.2, 0.25) is 0 Å². The van der Waals surface area contributed by atoms with Crippen molar-refractivity contribution >= 4 is 17.7 Å². The molecule has 1 aromatic carbocycles. The molecule has 0 bridgehead atoms. The molecule has 2 amide bonds. The number of rotatable bonds is 4. The van der Waals surface area contributed by atoms with Gasteiger partial charge >= 0.3 is 6.09 Å². The third-order valence-electron chi connectivity index (χ3n) is 4.16. The Bertz CT molecular complexity index is 838. The fraction of sp³-hybridized carbons (Fsp3) is 0.263. The number of hydrogen-bond donors (Lipinski definition) is 1. The van der Waals surface area contributed by atoms with Crippen LogP contribution in [0.15, 0.2) is 43.1 Å². The lowest BCUT2D eigenvalue weighted by atomic mass is 10.1. The van der Waals surface area contributed by atoms with Gasteiger partial charge in [-0.3, -0.25) is 10.1 Å². The number of hydrogen-bond acceptors (Lipinski definition) is 3. The molecule has 0 saturated carbocycles. The Labute approximate surface area is 146 Å². The molecular formula is C19H21N3O3. The molecule has 0 aliphatic carbocycles. The number of benzene rings is 1. The Kier molecular flexibility index (Phi) is 4.61. The number of ether oxygens (including phenoxy) is 1. The fourth-order valence-electron chi connectivity index (χ4n) is 3.01. The zero-order chi connectivity index (χ0) is 18.0. The quantitative estimate of drug-likeness (QED) is 0.870. The molecule has 6 nitrogen and oxygen atoms in total. The maximum absolute atomic E-state index is 12.7. The molecule has 1 N–H and O–H groups in total. The van der Waals surface area contributed by atoms with Crippen molar-refractivity contribution in [2.45, 2.75) is 20.0 Å². The number of anilines is 1. The number of aromatic nitrogens is 1. The summed E-state index contributed by atoms with van der Waals surface area (Å²) in [5, 5.41) is 2.68. The lowest BCUT2D eigenvalue weighted by molar-refractivity contribution is 0.0741. The van der Waals surface area contributed by atoms with Crippen LogP contribution in [0.3, 0.4) is 0 Å². The van der Waals surface area contributed by atoms with E-state index in [0.717, 1.165) is 16.7 Å². The SMILES string of the molecule is C=CCOC(=O)Nc1ccc2c(c1)CN(C(=O)c1cc(C)cn1C)C2. The first kappa shape index (κ1) is 16.8. The molecular weight excluding hydrogens is 318 g/mol. The Hall–Kier alpha value is -3.02. The molecule has 0 spiro atoms. The normalized spacial score (nSPS) is 12.6.